The molecule has 1 N–H and O–H groups in total. The number of amides is 1. The highest BCUT2D eigenvalue weighted by molar-refractivity contribution is 5.70. The number of benzene rings is 1. The molecule has 0 aliphatic heterocycles. The maximum Gasteiger partial charge on any atom is 0.573 e. The minimum atomic E-state index is -4.96. The Hall–Kier alpha value is -2.78. The molecule has 3 saturated carbocycles. The summed E-state index contributed by atoms with van der Waals surface area (Å²) in [5.74, 6) is -1.99. The monoisotopic (exact) mass is 427 g/mol. The van der Waals surface area contributed by atoms with Gasteiger partial charge in [0.1, 0.15) is 5.60 Å². The van der Waals surface area contributed by atoms with Gasteiger partial charge in [0.25, 0.3) is 0 Å². The summed E-state index contributed by atoms with van der Waals surface area (Å²) < 4.78 is 61.6. The lowest BCUT2D eigenvalue weighted by Gasteiger charge is -2.69. The third-order valence-corrected chi connectivity index (χ3v) is 5.33. The molecule has 3 aliphatic carbocycles. The molecule has 2 aromatic rings. The van der Waals surface area contributed by atoms with Crippen molar-refractivity contribution in [2.45, 2.75) is 63.1 Å². The van der Waals surface area contributed by atoms with Gasteiger partial charge < -0.3 is 14.8 Å². The molecule has 1 heterocycles. The van der Waals surface area contributed by atoms with E-state index in [-0.39, 0.29) is 11.1 Å². The molecule has 30 heavy (non-hydrogen) atoms. The number of nitrogens with zero attached hydrogens (tertiary/aromatic N) is 2. The fraction of sp³-hybridized carbons (Fsp3) is 0.500. The van der Waals surface area contributed by atoms with Crippen molar-refractivity contribution in [3.05, 3.63) is 36.4 Å². The molecule has 162 valence electrons. The Morgan fingerprint density at radius 1 is 1.17 bits per heavy atom. The highest BCUT2D eigenvalue weighted by Crippen LogP contribution is 2.65. The van der Waals surface area contributed by atoms with Gasteiger partial charge in [0.2, 0.25) is 0 Å². The fourth-order valence-electron chi connectivity index (χ4n) is 4.25. The van der Waals surface area contributed by atoms with Crippen molar-refractivity contribution in [1.82, 2.24) is 15.1 Å². The second kappa shape index (κ2) is 6.36. The van der Waals surface area contributed by atoms with Gasteiger partial charge in [-0.05, 0) is 57.7 Å². The van der Waals surface area contributed by atoms with Crippen molar-refractivity contribution in [2.75, 3.05) is 0 Å². The maximum atomic E-state index is 14.0. The van der Waals surface area contributed by atoms with E-state index in [4.69, 9.17) is 4.74 Å². The van der Waals surface area contributed by atoms with Crippen LogP contribution >= 0.6 is 0 Å². The summed E-state index contributed by atoms with van der Waals surface area (Å²) in [4.78, 5) is 12.0. The average molecular weight is 427 g/mol. The van der Waals surface area contributed by atoms with Gasteiger partial charge in [0, 0.05) is 11.8 Å². The van der Waals surface area contributed by atoms with Crippen molar-refractivity contribution in [1.29, 1.82) is 0 Å². The second-order valence-electron chi connectivity index (χ2n) is 9.03. The van der Waals surface area contributed by atoms with E-state index < -0.39 is 29.6 Å². The van der Waals surface area contributed by atoms with Crippen LogP contribution < -0.4 is 10.1 Å². The molecule has 6 nitrogen and oxygen atoms in total. The van der Waals surface area contributed by atoms with E-state index >= 15 is 0 Å². The van der Waals surface area contributed by atoms with Gasteiger partial charge in [0.15, 0.2) is 11.6 Å². The Morgan fingerprint density at radius 3 is 2.40 bits per heavy atom. The normalized spacial score (nSPS) is 25.2. The molecule has 3 fully saturated rings. The first-order chi connectivity index (χ1) is 13.8. The maximum absolute atomic E-state index is 14.0. The first-order valence-electron chi connectivity index (χ1n) is 9.40. The molecule has 5 rings (SSSR count). The van der Waals surface area contributed by atoms with Crippen molar-refractivity contribution in [3.63, 3.8) is 0 Å². The molecular formula is C20H21F4N3O3. The van der Waals surface area contributed by atoms with E-state index in [1.807, 2.05) is 0 Å². The SMILES string of the molecule is CC(C)(C)OC(=O)NC12CC(n3cc(-c4ccc(OC(F)(F)F)c(F)c4)cn3)(C1)C2. The van der Waals surface area contributed by atoms with Gasteiger partial charge in [-0.15, -0.1) is 13.2 Å². The minimum absolute atomic E-state index is 0.217. The number of rotatable bonds is 4. The van der Waals surface area contributed by atoms with E-state index in [1.165, 1.54) is 12.3 Å². The first kappa shape index (κ1) is 20.5. The lowest BCUT2D eigenvalue weighted by molar-refractivity contribution is -0.275. The molecule has 10 heteroatoms. The van der Waals surface area contributed by atoms with Crippen LogP contribution in [0.1, 0.15) is 40.0 Å². The smallest absolute Gasteiger partial charge is 0.444 e. The summed E-state index contributed by atoms with van der Waals surface area (Å²) in [7, 11) is 0. The fourth-order valence-corrected chi connectivity index (χ4v) is 4.25. The predicted octanol–water partition coefficient (Wildman–Crippen LogP) is 4.74. The molecule has 0 atom stereocenters. The van der Waals surface area contributed by atoms with Crippen molar-refractivity contribution in [2.24, 2.45) is 0 Å². The predicted molar refractivity (Wildman–Crippen MR) is 98.2 cm³/mol. The van der Waals surface area contributed by atoms with Gasteiger partial charge in [-0.2, -0.15) is 5.10 Å². The Labute approximate surface area is 170 Å². The molecule has 0 spiro atoms. The molecule has 1 amide bonds. The lowest BCUT2D eigenvalue weighted by Crippen LogP contribution is -2.79. The average Bonchev–Trinajstić information content (AvgIpc) is 2.98. The standard InChI is InChI=1S/C20H21F4N3O3/c1-17(2,3)30-16(28)26-18-9-19(10-18,11-18)27-8-13(7-25-27)12-4-5-15(14(21)6-12)29-20(22,23)24/h4-8H,9-11H2,1-3H3,(H,26,28). The Kier molecular flexibility index (Phi) is 4.34. The zero-order valence-corrected chi connectivity index (χ0v) is 16.6. The Bertz CT molecular complexity index is 974. The first-order valence-corrected chi connectivity index (χ1v) is 9.40. The van der Waals surface area contributed by atoms with E-state index in [1.54, 1.807) is 31.6 Å². The molecule has 2 bridgehead atoms. The van der Waals surface area contributed by atoms with Crippen LogP contribution in [0.4, 0.5) is 22.4 Å². The molecule has 1 aromatic carbocycles. The van der Waals surface area contributed by atoms with Crippen molar-refractivity contribution in [3.8, 4) is 16.9 Å². The quantitative estimate of drug-likeness (QED) is 0.716. The topological polar surface area (TPSA) is 65.4 Å². The van der Waals surface area contributed by atoms with Crippen LogP contribution in [0.2, 0.25) is 0 Å². The summed E-state index contributed by atoms with van der Waals surface area (Å²) in [5.41, 5.74) is -0.117. The van der Waals surface area contributed by atoms with Crippen LogP contribution in [-0.4, -0.2) is 33.4 Å². The van der Waals surface area contributed by atoms with E-state index in [2.05, 4.69) is 15.2 Å². The van der Waals surface area contributed by atoms with Gasteiger partial charge in [0.05, 0.1) is 17.3 Å². The van der Waals surface area contributed by atoms with E-state index in [0.29, 0.717) is 30.4 Å². The summed E-state index contributed by atoms with van der Waals surface area (Å²) >= 11 is 0. The van der Waals surface area contributed by atoms with Gasteiger partial charge in [-0.1, -0.05) is 6.07 Å². The van der Waals surface area contributed by atoms with Crippen LogP contribution in [0.15, 0.2) is 30.6 Å². The number of carbonyl (C=O) groups excluding carboxylic acids is 1. The second-order valence-corrected chi connectivity index (χ2v) is 9.03. The van der Waals surface area contributed by atoms with Crippen LogP contribution in [0.25, 0.3) is 11.1 Å². The number of nitrogens with one attached hydrogen (secondary N) is 1. The third kappa shape index (κ3) is 3.82. The summed E-state index contributed by atoms with van der Waals surface area (Å²) in [6, 6.07) is 3.27. The van der Waals surface area contributed by atoms with Gasteiger partial charge in [-0.3, -0.25) is 4.68 Å². The zero-order chi connectivity index (χ0) is 21.9. The number of halogens is 4. The summed E-state index contributed by atoms with van der Waals surface area (Å²) in [6.07, 6.45) is -0.0367. The highest BCUT2D eigenvalue weighted by Gasteiger charge is 2.70. The number of ether oxygens (including phenoxy) is 2. The van der Waals surface area contributed by atoms with Crippen LogP contribution in [0.5, 0.6) is 5.75 Å². The van der Waals surface area contributed by atoms with Gasteiger partial charge >= 0.3 is 12.5 Å². The molecule has 1 aromatic heterocycles. The number of alkyl carbamates (subject to hydrolysis) is 1. The van der Waals surface area contributed by atoms with Crippen LogP contribution in [0, 0.1) is 5.82 Å². The van der Waals surface area contributed by atoms with Gasteiger partial charge in [-0.25, -0.2) is 9.18 Å². The van der Waals surface area contributed by atoms with Crippen LogP contribution in [0.3, 0.4) is 0 Å². The number of carbonyl (C=O) groups is 1. The molecular weight excluding hydrogens is 406 g/mol. The Balaban J connectivity index is 1.41. The molecule has 3 aliphatic rings. The highest BCUT2D eigenvalue weighted by atomic mass is 19.4. The van der Waals surface area contributed by atoms with Crippen molar-refractivity contribution >= 4 is 6.09 Å². The van der Waals surface area contributed by atoms with Crippen molar-refractivity contribution < 1.29 is 31.8 Å². The number of aromatic nitrogens is 2. The third-order valence-electron chi connectivity index (χ3n) is 5.33. The van der Waals surface area contributed by atoms with E-state index in [0.717, 1.165) is 12.1 Å². The molecule has 0 saturated heterocycles. The van der Waals surface area contributed by atoms with Crippen LogP contribution in [-0.2, 0) is 10.3 Å². The number of alkyl halides is 3. The zero-order valence-electron chi connectivity index (χ0n) is 16.6. The molecule has 0 radical (unpaired) electrons. The minimum Gasteiger partial charge on any atom is -0.444 e. The molecule has 0 unspecified atom stereocenters. The largest absolute Gasteiger partial charge is 0.573 e. The van der Waals surface area contributed by atoms with E-state index in [9.17, 15) is 22.4 Å². The Morgan fingerprint density at radius 2 is 1.83 bits per heavy atom. The summed E-state index contributed by atoms with van der Waals surface area (Å²) in [6.45, 7) is 5.39. The lowest BCUT2D eigenvalue weighted by atomic mass is 9.44. The summed E-state index contributed by atoms with van der Waals surface area (Å²) in [5, 5.41) is 7.27. The number of hydrogen-bond acceptors (Lipinski definition) is 4. The number of hydrogen-bond donors (Lipinski definition) is 1.